The van der Waals surface area contributed by atoms with Crippen molar-refractivity contribution in [3.63, 3.8) is 0 Å². The minimum absolute atomic E-state index is 0.0329. The Morgan fingerprint density at radius 3 is 2.58 bits per heavy atom. The van der Waals surface area contributed by atoms with E-state index < -0.39 is 12.1 Å². The molecule has 1 aromatic carbocycles. The Morgan fingerprint density at radius 2 is 1.96 bits per heavy atom. The Bertz CT molecular complexity index is 657. The van der Waals surface area contributed by atoms with Gasteiger partial charge in [-0.05, 0) is 42.3 Å². The molecule has 1 heterocycles. The van der Waals surface area contributed by atoms with E-state index in [0.717, 1.165) is 16.8 Å². The first kappa shape index (κ1) is 17.9. The molecule has 0 saturated heterocycles. The lowest BCUT2D eigenvalue weighted by atomic mass is 10.1. The predicted octanol–water partition coefficient (Wildman–Crippen LogP) is 2.19. The van der Waals surface area contributed by atoms with Crippen molar-refractivity contribution in [2.24, 2.45) is 0 Å². The van der Waals surface area contributed by atoms with Crippen LogP contribution in [-0.4, -0.2) is 33.9 Å². The largest absolute Gasteiger partial charge is 0.487 e. The zero-order chi connectivity index (χ0) is 17.4. The van der Waals surface area contributed by atoms with Crippen molar-refractivity contribution in [1.82, 2.24) is 4.98 Å². The summed E-state index contributed by atoms with van der Waals surface area (Å²) < 4.78 is 10.9. The Morgan fingerprint density at radius 1 is 1.21 bits per heavy atom. The molecular formula is C18H21NO5. The van der Waals surface area contributed by atoms with Gasteiger partial charge in [-0.2, -0.15) is 0 Å². The smallest absolute Gasteiger partial charge is 0.333 e. The van der Waals surface area contributed by atoms with Gasteiger partial charge in [0.1, 0.15) is 12.4 Å². The minimum Gasteiger partial charge on any atom is -0.487 e. The van der Waals surface area contributed by atoms with Crippen LogP contribution in [-0.2, 0) is 29.2 Å². The predicted molar refractivity (Wildman–Crippen MR) is 87.7 cm³/mol. The number of nitrogens with zero attached hydrogens (tertiary/aromatic N) is 1. The molecule has 0 unspecified atom stereocenters. The number of aliphatic hydroxyl groups is 1. The Kier molecular flexibility index (Phi) is 6.72. The van der Waals surface area contributed by atoms with E-state index >= 15 is 0 Å². The summed E-state index contributed by atoms with van der Waals surface area (Å²) in [4.78, 5) is 15.3. The summed E-state index contributed by atoms with van der Waals surface area (Å²) in [5, 5.41) is 18.2. The van der Waals surface area contributed by atoms with Crippen molar-refractivity contribution < 1.29 is 24.5 Å². The lowest BCUT2D eigenvalue weighted by Gasteiger charge is -2.13. The maximum Gasteiger partial charge on any atom is 0.333 e. The van der Waals surface area contributed by atoms with Crippen molar-refractivity contribution >= 4 is 5.97 Å². The molecule has 0 aliphatic heterocycles. The summed E-state index contributed by atoms with van der Waals surface area (Å²) in [6.07, 6.45) is 1.10. The van der Waals surface area contributed by atoms with E-state index in [9.17, 15) is 4.79 Å². The van der Waals surface area contributed by atoms with Gasteiger partial charge in [-0.25, -0.2) is 4.79 Å². The molecule has 0 fully saturated rings. The van der Waals surface area contributed by atoms with Crippen molar-refractivity contribution in [3.8, 4) is 5.75 Å². The highest BCUT2D eigenvalue weighted by Crippen LogP contribution is 2.16. The molecule has 0 bridgehead atoms. The second-order valence-electron chi connectivity index (χ2n) is 5.23. The van der Waals surface area contributed by atoms with Crippen LogP contribution in [0.1, 0.15) is 23.7 Å². The van der Waals surface area contributed by atoms with Gasteiger partial charge in [0.2, 0.25) is 0 Å². The summed E-state index contributed by atoms with van der Waals surface area (Å²) in [7, 11) is 0. The van der Waals surface area contributed by atoms with Crippen molar-refractivity contribution in [3.05, 3.63) is 59.4 Å². The number of ether oxygens (including phenoxy) is 2. The minimum atomic E-state index is -0.966. The van der Waals surface area contributed by atoms with Gasteiger partial charge >= 0.3 is 5.97 Å². The molecule has 6 nitrogen and oxygen atoms in total. The number of hydrogen-bond acceptors (Lipinski definition) is 5. The normalized spacial score (nSPS) is 11.9. The number of carboxylic acid groups (broad SMARTS) is 1. The van der Waals surface area contributed by atoms with Crippen LogP contribution in [0.3, 0.4) is 0 Å². The number of pyridine rings is 1. The zero-order valence-electron chi connectivity index (χ0n) is 13.5. The summed E-state index contributed by atoms with van der Waals surface area (Å²) in [6.45, 7) is 2.39. The lowest BCUT2D eigenvalue weighted by Crippen LogP contribution is -2.26. The van der Waals surface area contributed by atoms with E-state index in [1.807, 2.05) is 12.1 Å². The first-order chi connectivity index (χ1) is 11.6. The number of aromatic nitrogens is 1. The van der Waals surface area contributed by atoms with Crippen molar-refractivity contribution in [1.29, 1.82) is 0 Å². The molecule has 1 aromatic heterocycles. The average Bonchev–Trinajstić information content (AvgIpc) is 2.61. The van der Waals surface area contributed by atoms with Gasteiger partial charge in [0.05, 0.1) is 12.3 Å². The monoisotopic (exact) mass is 331 g/mol. The van der Waals surface area contributed by atoms with Gasteiger partial charge in [-0.3, -0.25) is 4.98 Å². The molecule has 0 aliphatic rings. The second-order valence-corrected chi connectivity index (χ2v) is 5.23. The third-order valence-electron chi connectivity index (χ3n) is 3.44. The van der Waals surface area contributed by atoms with Gasteiger partial charge in [0, 0.05) is 19.2 Å². The van der Waals surface area contributed by atoms with E-state index in [1.54, 1.807) is 37.4 Å². The van der Waals surface area contributed by atoms with Gasteiger partial charge in [0.15, 0.2) is 6.10 Å². The molecule has 128 valence electrons. The van der Waals surface area contributed by atoms with Crippen LogP contribution in [0.2, 0.25) is 0 Å². The topological polar surface area (TPSA) is 88.9 Å². The molecule has 6 heteroatoms. The number of carboxylic acids is 1. The molecule has 24 heavy (non-hydrogen) atoms. The number of benzene rings is 1. The SMILES string of the molecule is CCO[C@@H](Cc1ccc(OCc2cc(CO)ccn2)cc1)C(=O)O. The fourth-order valence-electron chi connectivity index (χ4n) is 2.22. The zero-order valence-corrected chi connectivity index (χ0v) is 13.5. The van der Waals surface area contributed by atoms with Gasteiger partial charge in [0.25, 0.3) is 0 Å². The highest BCUT2D eigenvalue weighted by Gasteiger charge is 2.17. The Labute approximate surface area is 140 Å². The molecule has 0 amide bonds. The van der Waals surface area contributed by atoms with Crippen molar-refractivity contribution in [2.75, 3.05) is 6.61 Å². The Hall–Kier alpha value is -2.44. The second kappa shape index (κ2) is 9.00. The van der Waals surface area contributed by atoms with Gasteiger partial charge < -0.3 is 19.7 Å². The first-order valence-corrected chi connectivity index (χ1v) is 7.73. The van der Waals surface area contributed by atoms with E-state index in [-0.39, 0.29) is 6.61 Å². The maximum absolute atomic E-state index is 11.1. The quantitative estimate of drug-likeness (QED) is 0.732. The standard InChI is InChI=1S/C18H21NO5/c1-2-23-17(18(21)22)10-13-3-5-16(6-4-13)24-12-15-9-14(11-20)7-8-19-15/h3-9,17,20H,2,10-12H2,1H3,(H,21,22)/t17-/m0/s1. The molecular weight excluding hydrogens is 310 g/mol. The third-order valence-corrected chi connectivity index (χ3v) is 3.44. The van der Waals surface area contributed by atoms with Crippen LogP contribution in [0.25, 0.3) is 0 Å². The molecule has 1 atom stereocenters. The molecule has 2 N–H and O–H groups in total. The van der Waals surface area contributed by atoms with Crippen LogP contribution >= 0.6 is 0 Å². The number of hydrogen-bond donors (Lipinski definition) is 2. The third kappa shape index (κ3) is 5.33. The van der Waals surface area contributed by atoms with E-state index in [2.05, 4.69) is 4.98 Å². The first-order valence-electron chi connectivity index (χ1n) is 7.73. The molecule has 2 aromatic rings. The summed E-state index contributed by atoms with van der Waals surface area (Å²) in [6, 6.07) is 10.7. The Balaban J connectivity index is 1.92. The summed E-state index contributed by atoms with van der Waals surface area (Å²) >= 11 is 0. The van der Waals surface area contributed by atoms with Crippen LogP contribution in [0.5, 0.6) is 5.75 Å². The molecule has 0 aliphatic carbocycles. The number of carbonyl (C=O) groups is 1. The molecule has 0 spiro atoms. The highest BCUT2D eigenvalue weighted by atomic mass is 16.5. The van der Waals surface area contributed by atoms with Gasteiger partial charge in [-0.1, -0.05) is 12.1 Å². The average molecular weight is 331 g/mol. The van der Waals surface area contributed by atoms with Crippen molar-refractivity contribution in [2.45, 2.75) is 32.7 Å². The van der Waals surface area contributed by atoms with Crippen LogP contribution in [0, 0.1) is 0 Å². The fraction of sp³-hybridized carbons (Fsp3) is 0.333. The van der Waals surface area contributed by atoms with Crippen LogP contribution in [0.15, 0.2) is 42.6 Å². The summed E-state index contributed by atoms with van der Waals surface area (Å²) in [5.41, 5.74) is 2.38. The highest BCUT2D eigenvalue weighted by molar-refractivity contribution is 5.72. The lowest BCUT2D eigenvalue weighted by molar-refractivity contribution is -0.149. The fourth-order valence-corrected chi connectivity index (χ4v) is 2.22. The molecule has 0 radical (unpaired) electrons. The van der Waals surface area contributed by atoms with Gasteiger partial charge in [-0.15, -0.1) is 0 Å². The summed E-state index contributed by atoms with van der Waals surface area (Å²) in [5.74, 6) is -0.301. The van der Waals surface area contributed by atoms with Crippen LogP contribution in [0.4, 0.5) is 0 Å². The van der Waals surface area contributed by atoms with Crippen LogP contribution < -0.4 is 4.74 Å². The van der Waals surface area contributed by atoms with E-state index in [4.69, 9.17) is 19.7 Å². The number of aliphatic carboxylic acids is 1. The number of aliphatic hydroxyl groups excluding tert-OH is 1. The van der Waals surface area contributed by atoms with E-state index in [1.165, 1.54) is 0 Å². The maximum atomic E-state index is 11.1. The number of rotatable bonds is 9. The van der Waals surface area contributed by atoms with E-state index in [0.29, 0.717) is 25.4 Å². The molecule has 0 saturated carbocycles. The molecule has 2 rings (SSSR count).